The third-order valence-electron chi connectivity index (χ3n) is 4.62. The number of hydrogen-bond donors (Lipinski definition) is 1. The molecule has 1 saturated heterocycles. The summed E-state index contributed by atoms with van der Waals surface area (Å²) in [5, 5.41) is 12.8. The van der Waals surface area contributed by atoms with Gasteiger partial charge in [0.05, 0.1) is 0 Å². The summed E-state index contributed by atoms with van der Waals surface area (Å²) in [6, 6.07) is 0.0528. The number of hydrogen-bond acceptors (Lipinski definition) is 5. The molecule has 1 saturated carbocycles. The van der Waals surface area contributed by atoms with Gasteiger partial charge in [-0.05, 0) is 38.5 Å². The van der Waals surface area contributed by atoms with Crippen molar-refractivity contribution in [1.29, 1.82) is 0 Å². The van der Waals surface area contributed by atoms with Gasteiger partial charge in [0.2, 0.25) is 11.8 Å². The van der Waals surface area contributed by atoms with E-state index < -0.39 is 5.97 Å². The standard InChI is InChI=1S/C16H23N3O4/c20-14(8-7-13-17-16(18-23-13)11-4-5-11)19-10-2-1-3-12(19)6-9-15(21)22/h11-12H,1-10H2,(H,21,22)/t12-/m0/s1. The lowest BCUT2D eigenvalue weighted by Crippen LogP contribution is -2.44. The Kier molecular flexibility index (Phi) is 4.93. The Morgan fingerprint density at radius 1 is 1.22 bits per heavy atom. The monoisotopic (exact) mass is 321 g/mol. The lowest BCUT2D eigenvalue weighted by Gasteiger charge is -2.35. The van der Waals surface area contributed by atoms with Crippen LogP contribution in [-0.4, -0.2) is 44.6 Å². The van der Waals surface area contributed by atoms with Crippen molar-refractivity contribution in [2.45, 2.75) is 69.7 Å². The number of aliphatic carboxylic acids is 1. The van der Waals surface area contributed by atoms with Gasteiger partial charge in [0.1, 0.15) is 0 Å². The molecule has 1 aliphatic heterocycles. The predicted molar refractivity (Wildman–Crippen MR) is 80.8 cm³/mol. The first-order chi connectivity index (χ1) is 11.1. The summed E-state index contributed by atoms with van der Waals surface area (Å²) in [5.74, 6) is 1.00. The molecular formula is C16H23N3O4. The van der Waals surface area contributed by atoms with Crippen LogP contribution in [0.1, 0.15) is 69.0 Å². The average molecular weight is 321 g/mol. The van der Waals surface area contributed by atoms with Crippen LogP contribution < -0.4 is 0 Å². The molecule has 0 spiro atoms. The lowest BCUT2D eigenvalue weighted by molar-refractivity contribution is -0.140. The highest BCUT2D eigenvalue weighted by Crippen LogP contribution is 2.38. The number of amides is 1. The van der Waals surface area contributed by atoms with Crippen LogP contribution in [0.15, 0.2) is 4.52 Å². The van der Waals surface area contributed by atoms with Gasteiger partial charge >= 0.3 is 5.97 Å². The molecule has 1 atom stereocenters. The number of carboxylic acid groups (broad SMARTS) is 1. The van der Waals surface area contributed by atoms with Gasteiger partial charge in [-0.15, -0.1) is 0 Å². The molecule has 0 unspecified atom stereocenters. The first-order valence-corrected chi connectivity index (χ1v) is 8.47. The van der Waals surface area contributed by atoms with Crippen LogP contribution in [-0.2, 0) is 16.0 Å². The van der Waals surface area contributed by atoms with E-state index in [-0.39, 0.29) is 18.4 Å². The molecule has 1 aromatic rings. The third-order valence-corrected chi connectivity index (χ3v) is 4.62. The Balaban J connectivity index is 1.51. The number of nitrogens with zero attached hydrogens (tertiary/aromatic N) is 3. The second-order valence-electron chi connectivity index (χ2n) is 6.49. The molecule has 1 N–H and O–H groups in total. The predicted octanol–water partition coefficient (Wildman–Crippen LogP) is 2.13. The summed E-state index contributed by atoms with van der Waals surface area (Å²) in [7, 11) is 0. The van der Waals surface area contributed by atoms with Crippen LogP contribution in [0.2, 0.25) is 0 Å². The van der Waals surface area contributed by atoms with Gasteiger partial charge in [-0.2, -0.15) is 4.98 Å². The van der Waals surface area contributed by atoms with E-state index in [2.05, 4.69) is 10.1 Å². The summed E-state index contributed by atoms with van der Waals surface area (Å²) in [4.78, 5) is 29.4. The molecule has 126 valence electrons. The van der Waals surface area contributed by atoms with Crippen molar-refractivity contribution in [1.82, 2.24) is 15.0 Å². The molecule has 0 radical (unpaired) electrons. The third kappa shape index (κ3) is 4.30. The Morgan fingerprint density at radius 3 is 2.78 bits per heavy atom. The highest BCUT2D eigenvalue weighted by molar-refractivity contribution is 5.77. The zero-order valence-corrected chi connectivity index (χ0v) is 13.2. The molecule has 2 fully saturated rings. The zero-order valence-electron chi connectivity index (χ0n) is 13.2. The summed E-state index contributed by atoms with van der Waals surface area (Å²) >= 11 is 0. The van der Waals surface area contributed by atoms with Crippen LogP contribution in [0.3, 0.4) is 0 Å². The zero-order chi connectivity index (χ0) is 16.2. The van der Waals surface area contributed by atoms with E-state index in [1.165, 1.54) is 0 Å². The molecule has 7 nitrogen and oxygen atoms in total. The van der Waals surface area contributed by atoms with Gasteiger partial charge in [-0.25, -0.2) is 0 Å². The fourth-order valence-electron chi connectivity index (χ4n) is 3.15. The number of carbonyl (C=O) groups is 2. The number of carbonyl (C=O) groups excluding carboxylic acids is 1. The fraction of sp³-hybridized carbons (Fsp3) is 0.750. The largest absolute Gasteiger partial charge is 0.481 e. The SMILES string of the molecule is O=C(O)CC[C@@H]1CCCCN1C(=O)CCc1nc(C2CC2)no1. The molecule has 2 heterocycles. The molecule has 0 aromatic carbocycles. The van der Waals surface area contributed by atoms with Crippen molar-refractivity contribution in [2.24, 2.45) is 0 Å². The topological polar surface area (TPSA) is 96.5 Å². The number of likely N-dealkylation sites (tertiary alicyclic amines) is 1. The van der Waals surface area contributed by atoms with Gasteiger partial charge in [-0.1, -0.05) is 5.16 Å². The van der Waals surface area contributed by atoms with Crippen molar-refractivity contribution in [3.05, 3.63) is 11.7 Å². The van der Waals surface area contributed by atoms with E-state index in [1.807, 2.05) is 4.90 Å². The number of piperidine rings is 1. The van der Waals surface area contributed by atoms with Crippen molar-refractivity contribution in [3.63, 3.8) is 0 Å². The van der Waals surface area contributed by atoms with E-state index in [0.29, 0.717) is 31.1 Å². The molecule has 1 aromatic heterocycles. The molecule has 2 aliphatic rings. The van der Waals surface area contributed by atoms with Gasteiger partial charge in [0.15, 0.2) is 5.82 Å². The summed E-state index contributed by atoms with van der Waals surface area (Å²) in [6.07, 6.45) is 6.64. The quantitative estimate of drug-likeness (QED) is 0.826. The summed E-state index contributed by atoms with van der Waals surface area (Å²) < 4.78 is 5.20. The van der Waals surface area contributed by atoms with Gasteiger partial charge in [0, 0.05) is 37.8 Å². The van der Waals surface area contributed by atoms with E-state index in [9.17, 15) is 9.59 Å². The second-order valence-corrected chi connectivity index (χ2v) is 6.49. The first-order valence-electron chi connectivity index (χ1n) is 8.47. The maximum Gasteiger partial charge on any atom is 0.303 e. The molecule has 1 aliphatic carbocycles. The number of rotatable bonds is 7. The van der Waals surface area contributed by atoms with Gasteiger partial charge in [0.25, 0.3) is 0 Å². The minimum atomic E-state index is -0.804. The molecular weight excluding hydrogens is 298 g/mol. The van der Waals surface area contributed by atoms with Gasteiger partial charge < -0.3 is 14.5 Å². The summed E-state index contributed by atoms with van der Waals surface area (Å²) in [6.45, 7) is 0.722. The normalized spacial score (nSPS) is 21.4. The molecule has 7 heteroatoms. The van der Waals surface area contributed by atoms with E-state index in [0.717, 1.165) is 44.5 Å². The summed E-state index contributed by atoms with van der Waals surface area (Å²) in [5.41, 5.74) is 0. The molecule has 3 rings (SSSR count). The van der Waals surface area contributed by atoms with Crippen LogP contribution >= 0.6 is 0 Å². The molecule has 1 amide bonds. The van der Waals surface area contributed by atoms with Crippen molar-refractivity contribution >= 4 is 11.9 Å². The van der Waals surface area contributed by atoms with Crippen molar-refractivity contribution in [2.75, 3.05) is 6.54 Å². The van der Waals surface area contributed by atoms with E-state index >= 15 is 0 Å². The Bertz CT molecular complexity index is 567. The Morgan fingerprint density at radius 2 is 2.04 bits per heavy atom. The minimum Gasteiger partial charge on any atom is -0.481 e. The lowest BCUT2D eigenvalue weighted by atomic mass is 9.97. The smallest absolute Gasteiger partial charge is 0.303 e. The average Bonchev–Trinajstić information content (AvgIpc) is 3.29. The number of carboxylic acids is 1. The van der Waals surface area contributed by atoms with Crippen LogP contribution in [0.4, 0.5) is 0 Å². The van der Waals surface area contributed by atoms with Crippen LogP contribution in [0.5, 0.6) is 0 Å². The minimum absolute atomic E-state index is 0.0528. The first kappa shape index (κ1) is 16.0. The van der Waals surface area contributed by atoms with E-state index in [1.54, 1.807) is 0 Å². The second kappa shape index (κ2) is 7.10. The maximum absolute atomic E-state index is 12.5. The number of aromatic nitrogens is 2. The van der Waals surface area contributed by atoms with Crippen molar-refractivity contribution in [3.8, 4) is 0 Å². The Labute approximate surface area is 135 Å². The van der Waals surface area contributed by atoms with E-state index in [4.69, 9.17) is 9.63 Å². The highest BCUT2D eigenvalue weighted by Gasteiger charge is 2.30. The highest BCUT2D eigenvalue weighted by atomic mass is 16.5. The maximum atomic E-state index is 12.5. The van der Waals surface area contributed by atoms with Crippen molar-refractivity contribution < 1.29 is 19.2 Å². The van der Waals surface area contributed by atoms with Gasteiger partial charge in [-0.3, -0.25) is 9.59 Å². The molecule has 0 bridgehead atoms. The molecule has 23 heavy (non-hydrogen) atoms. The Hall–Kier alpha value is -1.92. The fourth-order valence-corrected chi connectivity index (χ4v) is 3.15. The number of aryl methyl sites for hydroxylation is 1. The van der Waals surface area contributed by atoms with Crippen LogP contribution in [0.25, 0.3) is 0 Å². The van der Waals surface area contributed by atoms with Crippen LogP contribution in [0, 0.1) is 0 Å².